The van der Waals surface area contributed by atoms with Crippen molar-refractivity contribution in [2.75, 3.05) is 13.1 Å². The van der Waals surface area contributed by atoms with Crippen molar-refractivity contribution < 1.29 is 8.42 Å². The molecule has 110 valence electrons. The van der Waals surface area contributed by atoms with Crippen molar-refractivity contribution in [1.29, 1.82) is 0 Å². The molecular formula is C12H16ClN3O2S2. The normalized spacial score (nSPS) is 11.1. The highest BCUT2D eigenvalue weighted by molar-refractivity contribution is 7.89. The molecule has 1 aromatic heterocycles. The number of rotatable bonds is 5. The van der Waals surface area contributed by atoms with E-state index in [4.69, 9.17) is 5.73 Å². The van der Waals surface area contributed by atoms with Gasteiger partial charge in [0.15, 0.2) is 0 Å². The molecule has 0 aliphatic rings. The third-order valence-corrected chi connectivity index (χ3v) is 4.91. The zero-order valence-corrected chi connectivity index (χ0v) is 13.3. The second-order valence-corrected chi connectivity index (χ2v) is 6.63. The molecule has 3 N–H and O–H groups in total. The first-order valence-corrected chi connectivity index (χ1v) is 8.11. The van der Waals surface area contributed by atoms with E-state index in [0.717, 1.165) is 16.3 Å². The van der Waals surface area contributed by atoms with Gasteiger partial charge in [-0.3, -0.25) is 0 Å². The van der Waals surface area contributed by atoms with Gasteiger partial charge in [0.2, 0.25) is 10.0 Å². The van der Waals surface area contributed by atoms with Gasteiger partial charge in [-0.25, -0.2) is 18.1 Å². The van der Waals surface area contributed by atoms with Crippen molar-refractivity contribution in [3.05, 3.63) is 35.3 Å². The van der Waals surface area contributed by atoms with Crippen LogP contribution >= 0.6 is 23.7 Å². The molecule has 0 saturated heterocycles. The lowest BCUT2D eigenvalue weighted by molar-refractivity contribution is 0.582. The molecule has 5 nitrogen and oxygen atoms in total. The van der Waals surface area contributed by atoms with Gasteiger partial charge in [0, 0.05) is 29.7 Å². The molecule has 0 aliphatic carbocycles. The third-order valence-electron chi connectivity index (χ3n) is 2.45. The van der Waals surface area contributed by atoms with Gasteiger partial charge < -0.3 is 5.73 Å². The minimum atomic E-state index is -3.50. The van der Waals surface area contributed by atoms with Crippen molar-refractivity contribution in [3.63, 3.8) is 0 Å². The van der Waals surface area contributed by atoms with Crippen molar-refractivity contribution >= 4 is 33.8 Å². The van der Waals surface area contributed by atoms with Crippen LogP contribution in [0.1, 0.15) is 5.69 Å². The average Bonchev–Trinajstić information content (AvgIpc) is 2.83. The Hall–Kier alpha value is -0.990. The van der Waals surface area contributed by atoms with Gasteiger partial charge in [0.1, 0.15) is 5.01 Å². The van der Waals surface area contributed by atoms with Gasteiger partial charge >= 0.3 is 0 Å². The number of nitrogens with one attached hydrogen (secondary N) is 1. The lowest BCUT2D eigenvalue weighted by Gasteiger charge is -2.06. The largest absolute Gasteiger partial charge is 0.329 e. The maximum atomic E-state index is 12.0. The second-order valence-electron chi connectivity index (χ2n) is 4.01. The Morgan fingerprint density at radius 2 is 2.15 bits per heavy atom. The van der Waals surface area contributed by atoms with Gasteiger partial charge in [-0.1, -0.05) is 12.1 Å². The predicted molar refractivity (Wildman–Crippen MR) is 83.8 cm³/mol. The van der Waals surface area contributed by atoms with Crippen LogP contribution in [-0.4, -0.2) is 26.5 Å². The molecule has 0 atom stereocenters. The second kappa shape index (κ2) is 7.14. The molecule has 1 aromatic carbocycles. The van der Waals surface area contributed by atoms with Crippen LogP contribution in [0.25, 0.3) is 10.6 Å². The first-order chi connectivity index (χ1) is 9.03. The summed E-state index contributed by atoms with van der Waals surface area (Å²) in [5.74, 6) is 0. The Bertz CT molecular complexity index is 671. The van der Waals surface area contributed by atoms with E-state index >= 15 is 0 Å². The maximum Gasteiger partial charge on any atom is 0.240 e. The van der Waals surface area contributed by atoms with Crippen LogP contribution < -0.4 is 10.5 Å². The Morgan fingerprint density at radius 3 is 2.75 bits per heavy atom. The number of benzene rings is 1. The first-order valence-electron chi connectivity index (χ1n) is 5.75. The molecule has 0 fully saturated rings. The number of sulfonamides is 1. The van der Waals surface area contributed by atoms with E-state index in [-0.39, 0.29) is 30.4 Å². The lowest BCUT2D eigenvalue weighted by Crippen LogP contribution is -2.29. The van der Waals surface area contributed by atoms with Gasteiger partial charge in [-0.15, -0.1) is 23.7 Å². The molecule has 1 heterocycles. The van der Waals surface area contributed by atoms with Gasteiger partial charge in [0.25, 0.3) is 0 Å². The van der Waals surface area contributed by atoms with E-state index in [1.165, 1.54) is 11.3 Å². The summed E-state index contributed by atoms with van der Waals surface area (Å²) in [5, 5.41) is 2.75. The number of aryl methyl sites for hydroxylation is 1. The van der Waals surface area contributed by atoms with Gasteiger partial charge in [-0.2, -0.15) is 0 Å². The maximum absolute atomic E-state index is 12.0. The highest BCUT2D eigenvalue weighted by atomic mass is 35.5. The zero-order valence-electron chi connectivity index (χ0n) is 10.9. The van der Waals surface area contributed by atoms with Crippen LogP contribution in [0.15, 0.2) is 34.5 Å². The molecule has 0 unspecified atom stereocenters. The minimum Gasteiger partial charge on any atom is -0.329 e. The van der Waals surface area contributed by atoms with Crippen LogP contribution in [0.4, 0.5) is 0 Å². The molecule has 2 aromatic rings. The Kier molecular flexibility index (Phi) is 6.09. The fourth-order valence-corrected chi connectivity index (χ4v) is 3.45. The number of hydrogen-bond donors (Lipinski definition) is 2. The third kappa shape index (κ3) is 4.00. The molecule has 0 saturated carbocycles. The topological polar surface area (TPSA) is 85.1 Å². The van der Waals surface area contributed by atoms with Crippen molar-refractivity contribution in [2.45, 2.75) is 11.8 Å². The zero-order chi connectivity index (χ0) is 13.9. The summed E-state index contributed by atoms with van der Waals surface area (Å²) in [5.41, 5.74) is 7.03. The van der Waals surface area contributed by atoms with E-state index in [2.05, 4.69) is 9.71 Å². The van der Waals surface area contributed by atoms with E-state index in [1.807, 2.05) is 18.4 Å². The van der Waals surface area contributed by atoms with Crippen molar-refractivity contribution in [3.8, 4) is 10.6 Å². The highest BCUT2D eigenvalue weighted by Crippen LogP contribution is 2.25. The van der Waals surface area contributed by atoms with Crippen molar-refractivity contribution in [1.82, 2.24) is 9.71 Å². The van der Waals surface area contributed by atoms with Crippen LogP contribution in [-0.2, 0) is 10.0 Å². The highest BCUT2D eigenvalue weighted by Gasteiger charge is 2.14. The molecule has 8 heteroatoms. The summed E-state index contributed by atoms with van der Waals surface area (Å²) in [6.45, 7) is 2.40. The lowest BCUT2D eigenvalue weighted by atomic mass is 10.2. The van der Waals surface area contributed by atoms with Gasteiger partial charge in [-0.05, 0) is 19.1 Å². The molecular weight excluding hydrogens is 318 g/mol. The smallest absolute Gasteiger partial charge is 0.240 e. The van der Waals surface area contributed by atoms with Gasteiger partial charge in [0.05, 0.1) is 4.90 Å². The number of halogens is 1. The summed E-state index contributed by atoms with van der Waals surface area (Å²) in [6, 6.07) is 6.74. The molecule has 0 radical (unpaired) electrons. The summed E-state index contributed by atoms with van der Waals surface area (Å²) in [6.07, 6.45) is 0. The monoisotopic (exact) mass is 333 g/mol. The summed E-state index contributed by atoms with van der Waals surface area (Å²) in [4.78, 5) is 4.58. The predicted octanol–water partition coefficient (Wildman–Crippen LogP) is 1.78. The quantitative estimate of drug-likeness (QED) is 0.873. The number of nitrogens with two attached hydrogens (primary N) is 1. The fraction of sp³-hybridized carbons (Fsp3) is 0.250. The summed E-state index contributed by atoms with van der Waals surface area (Å²) < 4.78 is 26.4. The fourth-order valence-electron chi connectivity index (χ4n) is 1.56. The molecule has 2 rings (SSSR count). The Balaban J connectivity index is 0.00000200. The number of nitrogens with zero attached hydrogens (tertiary/aromatic N) is 1. The number of hydrogen-bond acceptors (Lipinski definition) is 5. The van der Waals surface area contributed by atoms with Crippen LogP contribution in [0.5, 0.6) is 0 Å². The molecule has 0 bridgehead atoms. The van der Waals surface area contributed by atoms with Crippen LogP contribution in [0, 0.1) is 6.92 Å². The van der Waals surface area contributed by atoms with Crippen molar-refractivity contribution in [2.24, 2.45) is 5.73 Å². The Labute approximate surface area is 128 Å². The average molecular weight is 334 g/mol. The molecule has 20 heavy (non-hydrogen) atoms. The number of aromatic nitrogens is 1. The molecule has 0 spiro atoms. The minimum absolute atomic E-state index is 0. The summed E-state index contributed by atoms with van der Waals surface area (Å²) >= 11 is 1.49. The van der Waals surface area contributed by atoms with Crippen LogP contribution in [0.2, 0.25) is 0 Å². The molecule has 0 aliphatic heterocycles. The van der Waals surface area contributed by atoms with Crippen LogP contribution in [0.3, 0.4) is 0 Å². The van der Waals surface area contributed by atoms with E-state index in [1.54, 1.807) is 18.2 Å². The summed E-state index contributed by atoms with van der Waals surface area (Å²) in [7, 11) is -3.50. The van der Waals surface area contributed by atoms with E-state index in [0.29, 0.717) is 0 Å². The van der Waals surface area contributed by atoms with E-state index in [9.17, 15) is 8.42 Å². The molecule has 0 amide bonds. The number of thiazole rings is 1. The standard InChI is InChI=1S/C12H15N3O2S2.ClH/c1-9-8-18-12(15-9)10-3-2-4-11(7-10)19(16,17)14-6-5-13;/h2-4,7-8,14H,5-6,13H2,1H3;1H. The Morgan fingerprint density at radius 1 is 1.40 bits per heavy atom. The van der Waals surface area contributed by atoms with E-state index < -0.39 is 10.0 Å². The first kappa shape index (κ1) is 17.1. The SMILES string of the molecule is Cc1csc(-c2cccc(S(=O)(=O)NCCN)c2)n1.Cl.